The Kier molecular flexibility index (Phi) is 15.6. The summed E-state index contributed by atoms with van der Waals surface area (Å²) in [6.45, 7) is 2.43. The fraction of sp³-hybridized carbons (Fsp3) is 0.682. The number of azide groups is 2. The predicted molar refractivity (Wildman–Crippen MR) is 127 cm³/mol. The van der Waals surface area contributed by atoms with Crippen LogP contribution < -0.4 is 15.2 Å². The summed E-state index contributed by atoms with van der Waals surface area (Å²) < 4.78 is 11.9. The fourth-order valence-electron chi connectivity index (χ4n) is 3.26. The molecule has 0 amide bonds. The van der Waals surface area contributed by atoms with Gasteiger partial charge in [-0.3, -0.25) is 0 Å². The summed E-state index contributed by atoms with van der Waals surface area (Å²) >= 11 is 0. The third-order valence-corrected chi connectivity index (χ3v) is 4.99. The summed E-state index contributed by atoms with van der Waals surface area (Å²) in [6, 6.07) is 3.11. The summed E-state index contributed by atoms with van der Waals surface area (Å²) in [5.41, 5.74) is 23.2. The maximum absolute atomic E-state index is 11.6. The van der Waals surface area contributed by atoms with Gasteiger partial charge in [0.05, 0.1) is 18.8 Å². The first kappa shape index (κ1) is 27.9. The Morgan fingerprint density at radius 2 is 1.33 bits per heavy atom. The van der Waals surface area contributed by atoms with E-state index in [0.717, 1.165) is 63.4 Å². The molecule has 0 aliphatic rings. The topological polar surface area (TPSA) is 179 Å². The minimum atomic E-state index is -1.04. The Balaban J connectivity index is 2.72. The Bertz CT molecular complexity index is 753. The lowest BCUT2D eigenvalue weighted by molar-refractivity contribution is 0.0695. The first-order valence-electron chi connectivity index (χ1n) is 11.5. The molecule has 11 nitrogen and oxygen atoms in total. The van der Waals surface area contributed by atoms with Crippen LogP contribution in [-0.2, 0) is 6.42 Å². The molecular weight excluding hydrogens is 426 g/mol. The van der Waals surface area contributed by atoms with Crippen LogP contribution in [-0.4, -0.2) is 43.9 Å². The van der Waals surface area contributed by atoms with E-state index in [1.807, 2.05) is 0 Å². The molecule has 33 heavy (non-hydrogen) atoms. The van der Waals surface area contributed by atoms with E-state index in [1.54, 1.807) is 12.1 Å². The summed E-state index contributed by atoms with van der Waals surface area (Å²) in [5.74, 6) is 0.0229. The van der Waals surface area contributed by atoms with Gasteiger partial charge in [-0.2, -0.15) is 0 Å². The van der Waals surface area contributed by atoms with E-state index in [9.17, 15) is 9.90 Å². The monoisotopic (exact) mass is 461 g/mol. The number of benzene rings is 1. The van der Waals surface area contributed by atoms with Gasteiger partial charge < -0.3 is 20.3 Å². The normalized spacial score (nSPS) is 10.2. The molecule has 3 N–H and O–H groups in total. The summed E-state index contributed by atoms with van der Waals surface area (Å²) in [4.78, 5) is 17.1. The van der Waals surface area contributed by atoms with Crippen molar-refractivity contribution in [1.82, 2.24) is 0 Å². The van der Waals surface area contributed by atoms with Gasteiger partial charge in [-0.05, 0) is 68.3 Å². The molecule has 0 bridgehead atoms. The molecule has 0 saturated heterocycles. The number of nitrogens with two attached hydrogens (primary N) is 1. The van der Waals surface area contributed by atoms with Crippen LogP contribution in [0, 0.1) is 0 Å². The van der Waals surface area contributed by atoms with Crippen LogP contribution >= 0.6 is 0 Å². The highest BCUT2D eigenvalue weighted by Crippen LogP contribution is 2.33. The van der Waals surface area contributed by atoms with E-state index in [1.165, 1.54) is 0 Å². The highest BCUT2D eigenvalue weighted by molar-refractivity contribution is 5.89. The zero-order valence-electron chi connectivity index (χ0n) is 19.2. The van der Waals surface area contributed by atoms with Gasteiger partial charge in [0.25, 0.3) is 0 Å². The van der Waals surface area contributed by atoms with Crippen LogP contribution in [0.1, 0.15) is 73.7 Å². The number of hydrogen-bond acceptors (Lipinski definition) is 6. The maximum atomic E-state index is 11.6. The van der Waals surface area contributed by atoms with Crippen molar-refractivity contribution in [3.63, 3.8) is 0 Å². The molecule has 0 saturated carbocycles. The van der Waals surface area contributed by atoms with Gasteiger partial charge in [0.15, 0.2) is 0 Å². The van der Waals surface area contributed by atoms with E-state index >= 15 is 0 Å². The second-order valence-electron chi connectivity index (χ2n) is 7.58. The van der Waals surface area contributed by atoms with Crippen molar-refractivity contribution in [1.29, 1.82) is 0 Å². The molecular formula is C22H35N7O4. The number of carboxylic acid groups (broad SMARTS) is 1. The lowest BCUT2D eigenvalue weighted by Crippen LogP contribution is -2.09. The molecule has 0 radical (unpaired) electrons. The van der Waals surface area contributed by atoms with E-state index in [0.29, 0.717) is 50.8 Å². The number of unbranched alkanes of at least 4 members (excludes halogenated alkanes) is 6. The first-order valence-corrected chi connectivity index (χ1v) is 11.5. The summed E-state index contributed by atoms with van der Waals surface area (Å²) in [7, 11) is 0. The lowest BCUT2D eigenvalue weighted by atomic mass is 10.0. The van der Waals surface area contributed by atoms with Crippen LogP contribution in [0.5, 0.6) is 11.5 Å². The molecule has 0 aliphatic carbocycles. The molecule has 0 aromatic heterocycles. The molecule has 0 heterocycles. The van der Waals surface area contributed by atoms with Crippen molar-refractivity contribution >= 4 is 5.97 Å². The molecule has 0 spiro atoms. The first-order chi connectivity index (χ1) is 16.1. The molecule has 0 atom stereocenters. The Hall–Kier alpha value is -3.13. The molecule has 0 unspecified atom stereocenters. The zero-order chi connectivity index (χ0) is 24.2. The third kappa shape index (κ3) is 12.5. The van der Waals surface area contributed by atoms with Crippen molar-refractivity contribution in [2.45, 2.75) is 64.2 Å². The Labute approximate surface area is 194 Å². The molecule has 182 valence electrons. The number of rotatable bonds is 20. The number of nitrogens with zero attached hydrogens (tertiary/aromatic N) is 6. The zero-order valence-corrected chi connectivity index (χ0v) is 19.2. The average molecular weight is 462 g/mol. The van der Waals surface area contributed by atoms with E-state index in [-0.39, 0.29) is 5.56 Å². The lowest BCUT2D eigenvalue weighted by Gasteiger charge is -2.18. The minimum absolute atomic E-state index is 0.125. The van der Waals surface area contributed by atoms with Gasteiger partial charge in [-0.1, -0.05) is 35.9 Å². The average Bonchev–Trinajstić information content (AvgIpc) is 2.81. The standard InChI is InChI=1S/C22H35N7O4/c23-11-9-10-19-20(32-14-7-3-1-5-12-26-28-24)16-18(22(30)31)17-21(19)33-15-8-4-2-6-13-27-29-25/h16-17H,1-15,23H2,(H,30,31). The van der Waals surface area contributed by atoms with Crippen LogP contribution in [0.15, 0.2) is 22.4 Å². The molecule has 1 aromatic rings. The second-order valence-corrected chi connectivity index (χ2v) is 7.58. The Morgan fingerprint density at radius 1 is 0.848 bits per heavy atom. The largest absolute Gasteiger partial charge is 0.493 e. The number of aromatic carboxylic acids is 1. The van der Waals surface area contributed by atoms with Crippen LogP contribution in [0.25, 0.3) is 20.9 Å². The van der Waals surface area contributed by atoms with Gasteiger partial charge in [0, 0.05) is 28.5 Å². The van der Waals surface area contributed by atoms with E-state index in [2.05, 4.69) is 20.1 Å². The minimum Gasteiger partial charge on any atom is -0.493 e. The molecule has 0 fully saturated rings. The fourth-order valence-corrected chi connectivity index (χ4v) is 3.26. The molecule has 1 aromatic carbocycles. The molecule has 11 heteroatoms. The van der Waals surface area contributed by atoms with Crippen molar-refractivity contribution in [2.24, 2.45) is 16.0 Å². The Morgan fingerprint density at radius 3 is 1.76 bits per heavy atom. The number of carboxylic acids is 1. The van der Waals surface area contributed by atoms with Crippen molar-refractivity contribution in [3.8, 4) is 11.5 Å². The highest BCUT2D eigenvalue weighted by atomic mass is 16.5. The van der Waals surface area contributed by atoms with E-state index < -0.39 is 5.97 Å². The van der Waals surface area contributed by atoms with Crippen molar-refractivity contribution < 1.29 is 19.4 Å². The van der Waals surface area contributed by atoms with E-state index in [4.69, 9.17) is 26.3 Å². The van der Waals surface area contributed by atoms with Gasteiger partial charge in [0.2, 0.25) is 0 Å². The third-order valence-electron chi connectivity index (χ3n) is 4.99. The summed E-state index contributed by atoms with van der Waals surface area (Å²) in [6.07, 6.45) is 8.42. The summed E-state index contributed by atoms with van der Waals surface area (Å²) in [5, 5.41) is 16.6. The second kappa shape index (κ2) is 18.4. The van der Waals surface area contributed by atoms with Crippen molar-refractivity contribution in [3.05, 3.63) is 44.1 Å². The number of ether oxygens (including phenoxy) is 2. The number of hydrogen-bond donors (Lipinski definition) is 2. The maximum Gasteiger partial charge on any atom is 0.335 e. The van der Waals surface area contributed by atoms with Gasteiger partial charge in [0.1, 0.15) is 11.5 Å². The van der Waals surface area contributed by atoms with Gasteiger partial charge >= 0.3 is 5.97 Å². The highest BCUT2D eigenvalue weighted by Gasteiger charge is 2.17. The molecule has 0 aliphatic heterocycles. The van der Waals surface area contributed by atoms with Crippen LogP contribution in [0.4, 0.5) is 0 Å². The van der Waals surface area contributed by atoms with Gasteiger partial charge in [-0.15, -0.1) is 0 Å². The smallest absolute Gasteiger partial charge is 0.335 e. The molecule has 1 rings (SSSR count). The number of carbonyl (C=O) groups is 1. The van der Waals surface area contributed by atoms with Gasteiger partial charge in [-0.25, -0.2) is 4.79 Å². The van der Waals surface area contributed by atoms with Crippen LogP contribution in [0.2, 0.25) is 0 Å². The van der Waals surface area contributed by atoms with Crippen molar-refractivity contribution in [2.75, 3.05) is 32.8 Å². The predicted octanol–water partition coefficient (Wildman–Crippen LogP) is 5.78. The quantitative estimate of drug-likeness (QED) is 0.108. The SMILES string of the molecule is [N-]=[N+]=NCCCCCCOc1cc(C(=O)O)cc(OCCCCCCN=[N+]=[N-])c1CCCN. The van der Waals surface area contributed by atoms with Crippen LogP contribution in [0.3, 0.4) is 0 Å².